The molecule has 88 valence electrons. The molecule has 0 aromatic heterocycles. The quantitative estimate of drug-likeness (QED) is 0.846. The highest BCUT2D eigenvalue weighted by atomic mass is 35.5. The number of halogens is 2. The molecular formula is C13H11ClFNO. The average molecular weight is 252 g/mol. The van der Waals surface area contributed by atoms with Crippen molar-refractivity contribution in [2.45, 2.75) is 6.61 Å². The summed E-state index contributed by atoms with van der Waals surface area (Å²) in [6.07, 6.45) is 0. The molecule has 0 atom stereocenters. The molecule has 0 aliphatic carbocycles. The van der Waals surface area contributed by atoms with E-state index in [-0.39, 0.29) is 12.3 Å². The van der Waals surface area contributed by atoms with E-state index in [2.05, 4.69) is 0 Å². The Balaban J connectivity index is 2.08. The summed E-state index contributed by atoms with van der Waals surface area (Å²) in [6, 6.07) is 11.7. The summed E-state index contributed by atoms with van der Waals surface area (Å²) in [6.45, 7) is 0.251. The molecule has 0 fully saturated rings. The van der Waals surface area contributed by atoms with Crippen LogP contribution in [0, 0.1) is 5.82 Å². The number of ether oxygens (including phenoxy) is 1. The van der Waals surface area contributed by atoms with Crippen LogP contribution < -0.4 is 10.5 Å². The zero-order valence-corrected chi connectivity index (χ0v) is 9.75. The normalized spacial score (nSPS) is 10.2. The van der Waals surface area contributed by atoms with Gasteiger partial charge < -0.3 is 10.5 Å². The van der Waals surface area contributed by atoms with Crippen molar-refractivity contribution in [3.05, 3.63) is 58.9 Å². The molecule has 2 aromatic carbocycles. The molecule has 2 rings (SSSR count). The Hall–Kier alpha value is -1.74. The monoisotopic (exact) mass is 251 g/mol. The third kappa shape index (κ3) is 2.88. The van der Waals surface area contributed by atoms with Crippen LogP contribution in [0.2, 0.25) is 5.02 Å². The summed E-state index contributed by atoms with van der Waals surface area (Å²) >= 11 is 5.93. The largest absolute Gasteiger partial charge is 0.487 e. The Morgan fingerprint density at radius 3 is 2.65 bits per heavy atom. The van der Waals surface area contributed by atoms with Gasteiger partial charge in [-0.25, -0.2) is 4.39 Å². The van der Waals surface area contributed by atoms with Crippen LogP contribution in [-0.4, -0.2) is 0 Å². The van der Waals surface area contributed by atoms with Gasteiger partial charge in [0.2, 0.25) is 0 Å². The molecule has 4 heteroatoms. The van der Waals surface area contributed by atoms with Crippen LogP contribution in [0.25, 0.3) is 0 Å². The topological polar surface area (TPSA) is 35.2 Å². The maximum atomic E-state index is 13.2. The van der Waals surface area contributed by atoms with E-state index in [4.69, 9.17) is 22.1 Å². The Labute approximate surface area is 104 Å². The van der Waals surface area contributed by atoms with E-state index in [0.717, 1.165) is 0 Å². The Kier molecular flexibility index (Phi) is 3.49. The van der Waals surface area contributed by atoms with Gasteiger partial charge in [0, 0.05) is 0 Å². The van der Waals surface area contributed by atoms with Crippen molar-refractivity contribution < 1.29 is 9.13 Å². The second kappa shape index (κ2) is 5.06. The van der Waals surface area contributed by atoms with Crippen molar-refractivity contribution in [2.75, 3.05) is 5.73 Å². The Bertz CT molecular complexity index is 531. The van der Waals surface area contributed by atoms with Crippen LogP contribution in [0.5, 0.6) is 5.75 Å². The first-order chi connectivity index (χ1) is 8.16. The Morgan fingerprint density at radius 1 is 1.18 bits per heavy atom. The minimum Gasteiger partial charge on any atom is -0.487 e. The van der Waals surface area contributed by atoms with Gasteiger partial charge in [0.25, 0.3) is 0 Å². The Morgan fingerprint density at radius 2 is 1.94 bits per heavy atom. The molecule has 0 amide bonds. The van der Waals surface area contributed by atoms with Gasteiger partial charge in [-0.2, -0.15) is 0 Å². The lowest BCUT2D eigenvalue weighted by Crippen LogP contribution is -1.98. The molecule has 0 aliphatic heterocycles. The number of hydrogen-bond donors (Lipinski definition) is 1. The lowest BCUT2D eigenvalue weighted by molar-refractivity contribution is 0.306. The highest BCUT2D eigenvalue weighted by Crippen LogP contribution is 2.24. The maximum Gasteiger partial charge on any atom is 0.146 e. The van der Waals surface area contributed by atoms with Gasteiger partial charge in [0.15, 0.2) is 0 Å². The van der Waals surface area contributed by atoms with Crippen molar-refractivity contribution >= 4 is 17.3 Å². The number of hydrogen-bond acceptors (Lipinski definition) is 2. The summed E-state index contributed by atoms with van der Waals surface area (Å²) in [5.74, 6) is 0.136. The number of para-hydroxylation sites is 1. The van der Waals surface area contributed by atoms with Crippen LogP contribution in [0.1, 0.15) is 5.56 Å². The molecule has 0 aliphatic rings. The smallest absolute Gasteiger partial charge is 0.146 e. The SMILES string of the molecule is Nc1ccc(COc2ccccc2Cl)cc1F. The number of nitrogen functional groups attached to an aromatic ring is 1. The first-order valence-electron chi connectivity index (χ1n) is 5.08. The lowest BCUT2D eigenvalue weighted by atomic mass is 10.2. The van der Waals surface area contributed by atoms with Crippen LogP contribution in [0.3, 0.4) is 0 Å². The second-order valence-electron chi connectivity index (χ2n) is 3.57. The second-order valence-corrected chi connectivity index (χ2v) is 3.98. The summed E-state index contributed by atoms with van der Waals surface area (Å²) in [5.41, 5.74) is 6.22. The predicted octanol–water partition coefficient (Wildman–Crippen LogP) is 3.64. The van der Waals surface area contributed by atoms with Crippen molar-refractivity contribution in [2.24, 2.45) is 0 Å². The summed E-state index contributed by atoms with van der Waals surface area (Å²) in [4.78, 5) is 0. The first-order valence-corrected chi connectivity index (χ1v) is 5.46. The van der Waals surface area contributed by atoms with Crippen molar-refractivity contribution in [1.82, 2.24) is 0 Å². The number of rotatable bonds is 3. The van der Waals surface area contributed by atoms with E-state index < -0.39 is 5.82 Å². The fourth-order valence-electron chi connectivity index (χ4n) is 1.38. The molecule has 0 bridgehead atoms. The maximum absolute atomic E-state index is 13.2. The van der Waals surface area contributed by atoms with Gasteiger partial charge in [-0.05, 0) is 29.8 Å². The van der Waals surface area contributed by atoms with Crippen LogP contribution >= 0.6 is 11.6 Å². The van der Waals surface area contributed by atoms with Gasteiger partial charge in [-0.15, -0.1) is 0 Å². The highest BCUT2D eigenvalue weighted by molar-refractivity contribution is 6.32. The van der Waals surface area contributed by atoms with Crippen molar-refractivity contribution in [3.8, 4) is 5.75 Å². The van der Waals surface area contributed by atoms with Gasteiger partial charge in [0.1, 0.15) is 18.2 Å². The minimum absolute atomic E-state index is 0.131. The van der Waals surface area contributed by atoms with E-state index >= 15 is 0 Å². The molecule has 0 unspecified atom stereocenters. The molecule has 0 saturated heterocycles. The van der Waals surface area contributed by atoms with E-state index in [0.29, 0.717) is 16.3 Å². The van der Waals surface area contributed by atoms with E-state index in [1.165, 1.54) is 12.1 Å². The standard InChI is InChI=1S/C13H11ClFNO/c14-10-3-1-2-4-13(10)17-8-9-5-6-12(16)11(15)7-9/h1-7H,8,16H2. The lowest BCUT2D eigenvalue weighted by Gasteiger charge is -2.08. The van der Waals surface area contributed by atoms with Crippen LogP contribution in [0.15, 0.2) is 42.5 Å². The number of anilines is 1. The molecule has 0 spiro atoms. The fourth-order valence-corrected chi connectivity index (χ4v) is 1.57. The first kappa shape index (κ1) is 11.7. The molecule has 0 saturated carbocycles. The van der Waals surface area contributed by atoms with Gasteiger partial charge in [-0.3, -0.25) is 0 Å². The zero-order chi connectivity index (χ0) is 12.3. The van der Waals surface area contributed by atoms with E-state index in [1.54, 1.807) is 18.2 Å². The zero-order valence-electron chi connectivity index (χ0n) is 8.99. The fraction of sp³-hybridized carbons (Fsp3) is 0.0769. The third-order valence-corrected chi connectivity index (χ3v) is 2.61. The molecular weight excluding hydrogens is 241 g/mol. The average Bonchev–Trinajstić information content (AvgIpc) is 2.32. The molecule has 0 heterocycles. The number of benzene rings is 2. The minimum atomic E-state index is -0.440. The number of nitrogens with two attached hydrogens (primary N) is 1. The van der Waals surface area contributed by atoms with Crippen molar-refractivity contribution in [1.29, 1.82) is 0 Å². The molecule has 2 nitrogen and oxygen atoms in total. The van der Waals surface area contributed by atoms with E-state index in [9.17, 15) is 4.39 Å². The van der Waals surface area contributed by atoms with Crippen molar-refractivity contribution in [3.63, 3.8) is 0 Å². The van der Waals surface area contributed by atoms with Gasteiger partial charge in [0.05, 0.1) is 10.7 Å². The third-order valence-electron chi connectivity index (χ3n) is 2.30. The highest BCUT2D eigenvalue weighted by Gasteiger charge is 2.03. The predicted molar refractivity (Wildman–Crippen MR) is 66.6 cm³/mol. The summed E-state index contributed by atoms with van der Waals surface area (Å²) < 4.78 is 18.7. The van der Waals surface area contributed by atoms with Crippen LogP contribution in [0.4, 0.5) is 10.1 Å². The van der Waals surface area contributed by atoms with E-state index in [1.807, 2.05) is 12.1 Å². The molecule has 17 heavy (non-hydrogen) atoms. The van der Waals surface area contributed by atoms with Crippen LogP contribution in [-0.2, 0) is 6.61 Å². The van der Waals surface area contributed by atoms with Gasteiger partial charge >= 0.3 is 0 Å². The summed E-state index contributed by atoms with van der Waals surface area (Å²) in [7, 11) is 0. The molecule has 2 N–H and O–H groups in total. The molecule has 0 radical (unpaired) electrons. The molecule has 2 aromatic rings. The summed E-state index contributed by atoms with van der Waals surface area (Å²) in [5, 5.41) is 0.531. The van der Waals surface area contributed by atoms with Gasteiger partial charge in [-0.1, -0.05) is 29.8 Å².